The van der Waals surface area contributed by atoms with Crippen molar-refractivity contribution in [3.05, 3.63) is 75.3 Å². The summed E-state index contributed by atoms with van der Waals surface area (Å²) in [5.41, 5.74) is 1.62. The molecule has 0 N–H and O–H groups in total. The van der Waals surface area contributed by atoms with Crippen LogP contribution in [0.2, 0.25) is 0 Å². The number of hydrogen-bond donors (Lipinski definition) is 0. The molecule has 3 aromatic carbocycles. The maximum Gasteiger partial charge on any atom is 0.277 e. The summed E-state index contributed by atoms with van der Waals surface area (Å²) >= 11 is 3.44. The Kier molecular flexibility index (Phi) is 3.24. The summed E-state index contributed by atoms with van der Waals surface area (Å²) in [6.45, 7) is 0. The van der Waals surface area contributed by atoms with E-state index in [0.717, 1.165) is 20.8 Å². The van der Waals surface area contributed by atoms with Crippen LogP contribution in [0.25, 0.3) is 21.9 Å². The van der Waals surface area contributed by atoms with Gasteiger partial charge in [-0.1, -0.05) is 46.3 Å². The molecule has 0 aliphatic heterocycles. The maximum atomic E-state index is 11.1. The summed E-state index contributed by atoms with van der Waals surface area (Å²) in [6.07, 6.45) is 0. The Morgan fingerprint density at radius 2 is 1.60 bits per heavy atom. The minimum Gasteiger partial charge on any atom is -0.258 e. The van der Waals surface area contributed by atoms with Crippen LogP contribution in [-0.4, -0.2) is 4.92 Å². The van der Waals surface area contributed by atoms with E-state index in [4.69, 9.17) is 0 Å². The van der Waals surface area contributed by atoms with Gasteiger partial charge in [0.1, 0.15) is 0 Å². The van der Waals surface area contributed by atoms with Crippen LogP contribution in [0.4, 0.5) is 5.69 Å². The van der Waals surface area contributed by atoms with Gasteiger partial charge in [0, 0.05) is 10.5 Å². The van der Waals surface area contributed by atoms with Gasteiger partial charge < -0.3 is 0 Å². The van der Waals surface area contributed by atoms with Gasteiger partial charge >= 0.3 is 0 Å². The van der Waals surface area contributed by atoms with E-state index in [2.05, 4.69) is 15.9 Å². The van der Waals surface area contributed by atoms with Crippen LogP contribution in [-0.2, 0) is 0 Å². The summed E-state index contributed by atoms with van der Waals surface area (Å²) in [7, 11) is 0. The van der Waals surface area contributed by atoms with Crippen molar-refractivity contribution in [2.75, 3.05) is 0 Å². The minimum atomic E-state index is -0.346. The zero-order valence-corrected chi connectivity index (χ0v) is 12.0. The number of rotatable bonds is 2. The lowest BCUT2D eigenvalue weighted by Crippen LogP contribution is -1.91. The quantitative estimate of drug-likeness (QED) is 0.481. The molecule has 0 heterocycles. The van der Waals surface area contributed by atoms with Crippen molar-refractivity contribution in [2.45, 2.75) is 0 Å². The van der Waals surface area contributed by atoms with Gasteiger partial charge in [-0.2, -0.15) is 0 Å². The Balaban J connectivity index is 2.20. The highest BCUT2D eigenvalue weighted by Crippen LogP contribution is 2.32. The molecule has 3 aromatic rings. The molecule has 0 radical (unpaired) electrons. The smallest absolute Gasteiger partial charge is 0.258 e. The van der Waals surface area contributed by atoms with E-state index in [1.165, 1.54) is 6.07 Å². The fourth-order valence-electron chi connectivity index (χ4n) is 2.26. The Morgan fingerprint density at radius 3 is 2.40 bits per heavy atom. The second-order valence-corrected chi connectivity index (χ2v) is 5.40. The van der Waals surface area contributed by atoms with Crippen molar-refractivity contribution in [3.8, 4) is 11.1 Å². The molecule has 3 rings (SSSR count). The highest BCUT2D eigenvalue weighted by molar-refractivity contribution is 9.10. The molecule has 0 saturated heterocycles. The van der Waals surface area contributed by atoms with Crippen LogP contribution in [0.5, 0.6) is 0 Å². The number of hydrogen-bond acceptors (Lipinski definition) is 2. The van der Waals surface area contributed by atoms with Gasteiger partial charge in [-0.15, -0.1) is 0 Å². The summed E-state index contributed by atoms with van der Waals surface area (Å²) in [4.78, 5) is 10.8. The molecule has 0 atom stereocenters. The van der Waals surface area contributed by atoms with E-state index in [9.17, 15) is 10.1 Å². The van der Waals surface area contributed by atoms with Crippen molar-refractivity contribution in [3.63, 3.8) is 0 Å². The summed E-state index contributed by atoms with van der Waals surface area (Å²) in [5, 5.41) is 13.3. The molecule has 4 heteroatoms. The average Bonchev–Trinajstić information content (AvgIpc) is 2.46. The Morgan fingerprint density at radius 1 is 0.900 bits per heavy atom. The number of nitro groups is 1. The summed E-state index contributed by atoms with van der Waals surface area (Å²) in [5.74, 6) is 0. The van der Waals surface area contributed by atoms with Crippen LogP contribution in [0, 0.1) is 10.1 Å². The van der Waals surface area contributed by atoms with Gasteiger partial charge in [-0.05, 0) is 40.6 Å². The van der Waals surface area contributed by atoms with E-state index in [0.29, 0.717) is 5.56 Å². The number of nitro benzene ring substituents is 1. The molecule has 0 fully saturated rings. The lowest BCUT2D eigenvalue weighted by atomic mass is 10.00. The predicted molar refractivity (Wildman–Crippen MR) is 83.7 cm³/mol. The molecule has 0 aliphatic rings. The third kappa shape index (κ3) is 2.30. The molecule has 0 amide bonds. The minimum absolute atomic E-state index is 0.129. The van der Waals surface area contributed by atoms with Crippen molar-refractivity contribution in [1.82, 2.24) is 0 Å². The second kappa shape index (κ2) is 5.06. The fraction of sp³-hybridized carbons (Fsp3) is 0. The number of para-hydroxylation sites is 1. The topological polar surface area (TPSA) is 43.1 Å². The van der Waals surface area contributed by atoms with Gasteiger partial charge in [0.05, 0.1) is 10.5 Å². The molecule has 20 heavy (non-hydrogen) atoms. The molecule has 0 unspecified atom stereocenters. The van der Waals surface area contributed by atoms with Crippen molar-refractivity contribution in [2.24, 2.45) is 0 Å². The highest BCUT2D eigenvalue weighted by Gasteiger charge is 2.14. The number of halogens is 1. The first-order valence-corrected chi connectivity index (χ1v) is 6.87. The zero-order valence-electron chi connectivity index (χ0n) is 10.4. The molecule has 0 spiro atoms. The van der Waals surface area contributed by atoms with Crippen LogP contribution in [0.3, 0.4) is 0 Å². The fourth-order valence-corrected chi connectivity index (χ4v) is 2.64. The molecule has 0 aromatic heterocycles. The first-order valence-electron chi connectivity index (χ1n) is 6.08. The predicted octanol–water partition coefficient (Wildman–Crippen LogP) is 5.18. The maximum absolute atomic E-state index is 11.1. The van der Waals surface area contributed by atoms with Crippen molar-refractivity contribution in [1.29, 1.82) is 0 Å². The number of fused-ring (bicyclic) bond motifs is 1. The molecule has 0 saturated carbocycles. The lowest BCUT2D eigenvalue weighted by molar-refractivity contribution is -0.384. The Labute approximate surface area is 124 Å². The molecule has 0 bridgehead atoms. The zero-order chi connectivity index (χ0) is 14.1. The molecule has 98 valence electrons. The van der Waals surface area contributed by atoms with Gasteiger partial charge in [0.25, 0.3) is 5.69 Å². The Bertz CT molecular complexity index is 814. The SMILES string of the molecule is O=[N+]([O-])c1ccccc1-c1ccc2cc(Br)ccc2c1. The number of nitrogens with zero attached hydrogens (tertiary/aromatic N) is 1. The van der Waals surface area contributed by atoms with Crippen LogP contribution < -0.4 is 0 Å². The van der Waals surface area contributed by atoms with Crippen molar-refractivity contribution < 1.29 is 4.92 Å². The summed E-state index contributed by atoms with van der Waals surface area (Å²) < 4.78 is 1.02. The first kappa shape index (κ1) is 12.8. The van der Waals surface area contributed by atoms with Gasteiger partial charge in [0.2, 0.25) is 0 Å². The average molecular weight is 328 g/mol. The Hall–Kier alpha value is -2.20. The van der Waals surface area contributed by atoms with Gasteiger partial charge in [0.15, 0.2) is 0 Å². The highest BCUT2D eigenvalue weighted by atomic mass is 79.9. The van der Waals surface area contributed by atoms with Gasteiger partial charge in [-0.3, -0.25) is 10.1 Å². The molecule has 0 aliphatic carbocycles. The molecule has 3 nitrogen and oxygen atoms in total. The van der Waals surface area contributed by atoms with Crippen LogP contribution >= 0.6 is 15.9 Å². The van der Waals surface area contributed by atoms with E-state index < -0.39 is 0 Å². The van der Waals surface area contributed by atoms with Crippen LogP contribution in [0.1, 0.15) is 0 Å². The van der Waals surface area contributed by atoms with E-state index in [-0.39, 0.29) is 10.6 Å². The van der Waals surface area contributed by atoms with E-state index in [1.807, 2.05) is 42.5 Å². The van der Waals surface area contributed by atoms with E-state index in [1.54, 1.807) is 12.1 Å². The molecular formula is C16H10BrNO2. The monoisotopic (exact) mass is 327 g/mol. The van der Waals surface area contributed by atoms with Crippen molar-refractivity contribution >= 4 is 32.4 Å². The lowest BCUT2D eigenvalue weighted by Gasteiger charge is -2.05. The van der Waals surface area contributed by atoms with Crippen LogP contribution in [0.15, 0.2) is 65.1 Å². The standard InChI is InChI=1S/C16H10BrNO2/c17-14-8-7-11-9-13(6-5-12(11)10-14)15-3-1-2-4-16(15)18(19)20/h1-10H. The van der Waals surface area contributed by atoms with Gasteiger partial charge in [-0.25, -0.2) is 0 Å². The largest absolute Gasteiger partial charge is 0.277 e. The third-order valence-electron chi connectivity index (χ3n) is 3.21. The second-order valence-electron chi connectivity index (χ2n) is 4.48. The number of benzene rings is 3. The third-order valence-corrected chi connectivity index (χ3v) is 3.71. The van der Waals surface area contributed by atoms with E-state index >= 15 is 0 Å². The molecular weight excluding hydrogens is 318 g/mol. The normalized spacial score (nSPS) is 10.7. The first-order chi connectivity index (χ1) is 9.65. The summed E-state index contributed by atoms with van der Waals surface area (Å²) in [6, 6.07) is 18.7.